The molecule has 0 saturated heterocycles. The first-order valence-electron chi connectivity index (χ1n) is 9.86. The summed E-state index contributed by atoms with van der Waals surface area (Å²) in [5.41, 5.74) is 0.620. The van der Waals surface area contributed by atoms with Crippen molar-refractivity contribution in [3.63, 3.8) is 0 Å². The maximum absolute atomic E-state index is 12.5. The summed E-state index contributed by atoms with van der Waals surface area (Å²) < 4.78 is 1.70. The summed E-state index contributed by atoms with van der Waals surface area (Å²) in [5.74, 6) is 0.768. The summed E-state index contributed by atoms with van der Waals surface area (Å²) in [6.07, 6.45) is 7.63. The number of thioether (sulfide) groups is 1. The predicted molar refractivity (Wildman–Crippen MR) is 108 cm³/mol. The van der Waals surface area contributed by atoms with Crippen LogP contribution >= 0.6 is 11.8 Å². The Labute approximate surface area is 161 Å². The third-order valence-corrected chi connectivity index (χ3v) is 5.83. The van der Waals surface area contributed by atoms with Gasteiger partial charge in [-0.15, -0.1) is 0 Å². The Kier molecular flexibility index (Phi) is 7.74. The van der Waals surface area contributed by atoms with Gasteiger partial charge in [0.15, 0.2) is 5.16 Å². The molecule has 0 fully saturated rings. The molecule has 1 N–H and O–H groups in total. The van der Waals surface area contributed by atoms with Crippen LogP contribution in [0.3, 0.4) is 0 Å². The molecule has 2 heterocycles. The quantitative estimate of drug-likeness (QED) is 0.519. The topological polar surface area (TPSA) is 64.0 Å². The number of hydrogen-bond donors (Lipinski definition) is 1. The van der Waals surface area contributed by atoms with Crippen molar-refractivity contribution in [2.24, 2.45) is 0 Å². The minimum Gasteiger partial charge on any atom is -0.356 e. The van der Waals surface area contributed by atoms with E-state index in [1.54, 1.807) is 22.4 Å². The fourth-order valence-corrected chi connectivity index (χ4v) is 4.26. The second-order valence-corrected chi connectivity index (χ2v) is 9.16. The van der Waals surface area contributed by atoms with Gasteiger partial charge in [-0.2, -0.15) is 0 Å². The molecule has 6 heteroatoms. The van der Waals surface area contributed by atoms with Crippen molar-refractivity contribution in [2.75, 3.05) is 12.3 Å². The molecule has 0 aromatic carbocycles. The number of nitrogens with zero attached hydrogens (tertiary/aromatic N) is 2. The third-order valence-electron chi connectivity index (χ3n) is 4.73. The van der Waals surface area contributed by atoms with Crippen molar-refractivity contribution < 1.29 is 4.79 Å². The SMILES string of the molecule is CCCCCCCCNC(=O)CC1CSc2nc(C(C)(C)C)cc(=O)n21. The molecular weight excluding hydrogens is 346 g/mol. The van der Waals surface area contributed by atoms with E-state index in [2.05, 4.69) is 38.0 Å². The van der Waals surface area contributed by atoms with Crippen molar-refractivity contribution in [3.05, 3.63) is 22.1 Å². The van der Waals surface area contributed by atoms with E-state index < -0.39 is 0 Å². The lowest BCUT2D eigenvalue weighted by Gasteiger charge is -2.19. The van der Waals surface area contributed by atoms with Crippen molar-refractivity contribution in [2.45, 2.75) is 89.3 Å². The van der Waals surface area contributed by atoms with Crippen molar-refractivity contribution in [1.29, 1.82) is 0 Å². The average Bonchev–Trinajstić information content (AvgIpc) is 2.96. The zero-order valence-corrected chi connectivity index (χ0v) is 17.5. The van der Waals surface area contributed by atoms with Crippen molar-refractivity contribution in [3.8, 4) is 0 Å². The van der Waals surface area contributed by atoms with Gasteiger partial charge in [0.25, 0.3) is 5.56 Å². The highest BCUT2D eigenvalue weighted by Gasteiger charge is 2.29. The second kappa shape index (κ2) is 9.58. The molecule has 26 heavy (non-hydrogen) atoms. The Morgan fingerprint density at radius 2 is 1.96 bits per heavy atom. The van der Waals surface area contributed by atoms with E-state index in [1.165, 1.54) is 32.1 Å². The highest BCUT2D eigenvalue weighted by Crippen LogP contribution is 2.33. The molecule has 1 amide bonds. The summed E-state index contributed by atoms with van der Waals surface area (Å²) in [6.45, 7) is 9.11. The predicted octanol–water partition coefficient (Wildman–Crippen LogP) is 4.05. The van der Waals surface area contributed by atoms with Gasteiger partial charge in [0.2, 0.25) is 5.91 Å². The van der Waals surface area contributed by atoms with Gasteiger partial charge >= 0.3 is 0 Å². The van der Waals surface area contributed by atoms with Crippen molar-refractivity contribution >= 4 is 17.7 Å². The number of hydrogen-bond acceptors (Lipinski definition) is 4. The molecule has 0 bridgehead atoms. The van der Waals surface area contributed by atoms with Gasteiger partial charge in [-0.3, -0.25) is 14.2 Å². The largest absolute Gasteiger partial charge is 0.356 e. The molecule has 0 saturated carbocycles. The number of unbranched alkanes of at least 4 members (excludes halogenated alkanes) is 5. The number of carbonyl (C=O) groups is 1. The lowest BCUT2D eigenvalue weighted by Crippen LogP contribution is -2.32. The highest BCUT2D eigenvalue weighted by molar-refractivity contribution is 7.99. The van der Waals surface area contributed by atoms with E-state index in [1.807, 2.05) is 0 Å². The van der Waals surface area contributed by atoms with E-state index in [9.17, 15) is 9.59 Å². The van der Waals surface area contributed by atoms with Crippen LogP contribution in [-0.4, -0.2) is 27.8 Å². The Morgan fingerprint density at radius 1 is 1.27 bits per heavy atom. The van der Waals surface area contributed by atoms with Gasteiger partial charge in [-0.1, -0.05) is 71.6 Å². The fourth-order valence-electron chi connectivity index (χ4n) is 3.11. The smallest absolute Gasteiger partial charge is 0.254 e. The summed E-state index contributed by atoms with van der Waals surface area (Å²) in [7, 11) is 0. The number of fused-ring (bicyclic) bond motifs is 1. The number of carbonyl (C=O) groups excluding carboxylic acids is 1. The molecule has 0 radical (unpaired) electrons. The van der Waals surface area contributed by atoms with Crippen LogP contribution in [0.4, 0.5) is 0 Å². The molecule has 2 rings (SSSR count). The first-order valence-corrected chi connectivity index (χ1v) is 10.8. The number of rotatable bonds is 9. The molecule has 146 valence electrons. The van der Waals surface area contributed by atoms with Crippen molar-refractivity contribution in [1.82, 2.24) is 14.9 Å². The fraction of sp³-hybridized carbons (Fsp3) is 0.750. The zero-order valence-electron chi connectivity index (χ0n) is 16.6. The van der Waals surface area contributed by atoms with Crippen LogP contribution in [0, 0.1) is 0 Å². The molecule has 1 aromatic rings. The molecule has 0 aliphatic carbocycles. The average molecular weight is 380 g/mol. The number of nitrogens with one attached hydrogen (secondary N) is 1. The Bertz CT molecular complexity index is 664. The molecule has 1 aliphatic rings. The zero-order chi connectivity index (χ0) is 19.2. The Balaban J connectivity index is 1.84. The molecule has 1 aromatic heterocycles. The standard InChI is InChI=1S/C20H33N3O2S/c1-5-6-7-8-9-10-11-21-17(24)12-15-14-26-19-22-16(20(2,3)4)13-18(25)23(15)19/h13,15H,5-12,14H2,1-4H3,(H,21,24). The van der Waals surface area contributed by atoms with Gasteiger partial charge in [-0.25, -0.2) is 4.98 Å². The molecular formula is C20H33N3O2S. The molecule has 0 spiro atoms. The van der Waals surface area contributed by atoms with E-state index >= 15 is 0 Å². The lowest BCUT2D eigenvalue weighted by atomic mass is 9.92. The van der Waals surface area contributed by atoms with E-state index in [4.69, 9.17) is 0 Å². The van der Waals surface area contributed by atoms with Crippen LogP contribution in [-0.2, 0) is 10.2 Å². The second-order valence-electron chi connectivity index (χ2n) is 8.17. The van der Waals surface area contributed by atoms with Crippen LogP contribution in [0.2, 0.25) is 0 Å². The maximum Gasteiger partial charge on any atom is 0.254 e. The summed E-state index contributed by atoms with van der Waals surface area (Å²) in [4.78, 5) is 29.4. The van der Waals surface area contributed by atoms with Crippen LogP contribution in [0.15, 0.2) is 16.0 Å². The van der Waals surface area contributed by atoms with Gasteiger partial charge in [0.05, 0.1) is 11.7 Å². The van der Waals surface area contributed by atoms with Gasteiger partial charge in [0, 0.05) is 30.2 Å². The van der Waals surface area contributed by atoms with Gasteiger partial charge < -0.3 is 5.32 Å². The Hall–Kier alpha value is -1.30. The highest BCUT2D eigenvalue weighted by atomic mass is 32.2. The number of aromatic nitrogens is 2. The third kappa shape index (κ3) is 5.86. The summed E-state index contributed by atoms with van der Waals surface area (Å²) in [6, 6.07) is 1.53. The maximum atomic E-state index is 12.5. The van der Waals surface area contributed by atoms with E-state index in [0.29, 0.717) is 6.42 Å². The van der Waals surface area contributed by atoms with Crippen LogP contribution in [0.1, 0.15) is 84.4 Å². The molecule has 5 nitrogen and oxygen atoms in total. The first-order chi connectivity index (χ1) is 12.3. The van der Waals surface area contributed by atoms with Crippen LogP contribution in [0.25, 0.3) is 0 Å². The van der Waals surface area contributed by atoms with E-state index in [0.717, 1.165) is 29.6 Å². The minimum atomic E-state index is -0.151. The minimum absolute atomic E-state index is 0.0313. The number of amides is 1. The molecule has 1 unspecified atom stereocenters. The lowest BCUT2D eigenvalue weighted by molar-refractivity contribution is -0.121. The van der Waals surface area contributed by atoms with Crippen LogP contribution < -0.4 is 10.9 Å². The van der Waals surface area contributed by atoms with Crippen LogP contribution in [0.5, 0.6) is 0 Å². The molecule has 1 aliphatic heterocycles. The monoisotopic (exact) mass is 379 g/mol. The normalized spacial score (nSPS) is 16.5. The summed E-state index contributed by atoms with van der Waals surface area (Å²) >= 11 is 1.57. The van der Waals surface area contributed by atoms with Gasteiger partial charge in [-0.05, 0) is 6.42 Å². The first kappa shape index (κ1) is 21.0. The Morgan fingerprint density at radius 3 is 2.65 bits per heavy atom. The molecule has 1 atom stereocenters. The summed E-state index contributed by atoms with van der Waals surface area (Å²) in [5, 5.41) is 3.75. The van der Waals surface area contributed by atoms with E-state index in [-0.39, 0.29) is 22.9 Å². The van der Waals surface area contributed by atoms with Gasteiger partial charge in [0.1, 0.15) is 0 Å².